The van der Waals surface area contributed by atoms with Crippen molar-refractivity contribution in [2.45, 2.75) is 0 Å². The second kappa shape index (κ2) is 5.13. The Kier molecular flexibility index (Phi) is 3.08. The Labute approximate surface area is 131 Å². The molecular formula is C14H6F3N5S. The van der Waals surface area contributed by atoms with Crippen LogP contribution in [0.3, 0.4) is 0 Å². The lowest BCUT2D eigenvalue weighted by atomic mass is 10.2. The Bertz CT molecular complexity index is 1010. The highest BCUT2D eigenvalue weighted by atomic mass is 32.1. The minimum absolute atomic E-state index is 0.125. The van der Waals surface area contributed by atoms with Gasteiger partial charge in [0.05, 0.1) is 5.56 Å². The third kappa shape index (κ3) is 2.16. The molecule has 23 heavy (non-hydrogen) atoms. The molecule has 4 rings (SSSR count). The molecule has 5 nitrogen and oxygen atoms in total. The SMILES string of the molecule is Fc1ccc(-c2nn3c(-c4ccncc4)nnc3s2)c(F)c1F. The van der Waals surface area contributed by atoms with Crippen LogP contribution in [0.4, 0.5) is 13.2 Å². The predicted octanol–water partition coefficient (Wildman–Crippen LogP) is 3.33. The van der Waals surface area contributed by atoms with Gasteiger partial charge in [0.2, 0.25) is 4.96 Å². The average molecular weight is 333 g/mol. The summed E-state index contributed by atoms with van der Waals surface area (Å²) in [5.74, 6) is -3.59. The molecule has 0 aliphatic carbocycles. The van der Waals surface area contributed by atoms with Crippen molar-refractivity contribution in [3.05, 3.63) is 54.1 Å². The second-order valence-electron chi connectivity index (χ2n) is 4.58. The molecule has 9 heteroatoms. The smallest absolute Gasteiger partial charge is 0.235 e. The average Bonchev–Trinajstić information content (AvgIpc) is 3.14. The van der Waals surface area contributed by atoms with E-state index in [1.165, 1.54) is 4.52 Å². The van der Waals surface area contributed by atoms with E-state index in [2.05, 4.69) is 20.3 Å². The second-order valence-corrected chi connectivity index (χ2v) is 5.54. The third-order valence-corrected chi connectivity index (χ3v) is 4.13. The summed E-state index contributed by atoms with van der Waals surface area (Å²) in [6.45, 7) is 0. The van der Waals surface area contributed by atoms with Gasteiger partial charge in [-0.3, -0.25) is 4.98 Å². The fourth-order valence-corrected chi connectivity index (χ4v) is 2.96. The van der Waals surface area contributed by atoms with E-state index in [9.17, 15) is 13.2 Å². The largest absolute Gasteiger partial charge is 0.265 e. The van der Waals surface area contributed by atoms with E-state index in [0.717, 1.165) is 29.0 Å². The number of fused-ring (bicyclic) bond motifs is 1. The first-order valence-electron chi connectivity index (χ1n) is 6.41. The maximum atomic E-state index is 13.9. The van der Waals surface area contributed by atoms with E-state index < -0.39 is 17.5 Å². The van der Waals surface area contributed by atoms with E-state index >= 15 is 0 Å². The first kappa shape index (κ1) is 13.8. The predicted molar refractivity (Wildman–Crippen MR) is 77.2 cm³/mol. The highest BCUT2D eigenvalue weighted by Gasteiger charge is 2.20. The Hall–Kier alpha value is -2.81. The summed E-state index contributed by atoms with van der Waals surface area (Å²) in [4.78, 5) is 4.33. The van der Waals surface area contributed by atoms with Crippen LogP contribution >= 0.6 is 11.3 Å². The van der Waals surface area contributed by atoms with Gasteiger partial charge in [0.25, 0.3) is 0 Å². The van der Waals surface area contributed by atoms with E-state index in [4.69, 9.17) is 0 Å². The molecule has 3 heterocycles. The molecule has 0 bridgehead atoms. The van der Waals surface area contributed by atoms with Gasteiger partial charge >= 0.3 is 0 Å². The number of benzene rings is 1. The van der Waals surface area contributed by atoms with Crippen LogP contribution < -0.4 is 0 Å². The van der Waals surface area contributed by atoms with Crippen LogP contribution in [0.5, 0.6) is 0 Å². The summed E-state index contributed by atoms with van der Waals surface area (Å²) in [5, 5.41) is 12.4. The van der Waals surface area contributed by atoms with Crippen LogP contribution in [0.15, 0.2) is 36.7 Å². The molecule has 0 aliphatic rings. The number of halogens is 3. The normalized spacial score (nSPS) is 11.3. The molecule has 0 N–H and O–H groups in total. The van der Waals surface area contributed by atoms with Crippen molar-refractivity contribution in [1.29, 1.82) is 0 Å². The lowest BCUT2D eigenvalue weighted by Gasteiger charge is -2.00. The molecule has 0 saturated carbocycles. The van der Waals surface area contributed by atoms with E-state index in [1.807, 2.05) is 0 Å². The van der Waals surface area contributed by atoms with Crippen LogP contribution in [-0.2, 0) is 0 Å². The van der Waals surface area contributed by atoms with Gasteiger partial charge < -0.3 is 0 Å². The topological polar surface area (TPSA) is 56.0 Å². The van der Waals surface area contributed by atoms with Crippen molar-refractivity contribution in [1.82, 2.24) is 24.8 Å². The number of nitrogens with zero attached hydrogens (tertiary/aromatic N) is 5. The van der Waals surface area contributed by atoms with Crippen LogP contribution in [0.1, 0.15) is 0 Å². The van der Waals surface area contributed by atoms with Gasteiger partial charge in [-0.05, 0) is 24.3 Å². The Balaban J connectivity index is 1.88. The third-order valence-electron chi connectivity index (χ3n) is 3.19. The molecule has 0 radical (unpaired) electrons. The molecule has 0 aliphatic heterocycles. The van der Waals surface area contributed by atoms with Gasteiger partial charge in [-0.25, -0.2) is 13.2 Å². The number of pyridine rings is 1. The maximum absolute atomic E-state index is 13.9. The molecule has 4 aromatic rings. The van der Waals surface area contributed by atoms with Crippen molar-refractivity contribution in [2.75, 3.05) is 0 Å². The zero-order valence-electron chi connectivity index (χ0n) is 11.2. The van der Waals surface area contributed by atoms with Gasteiger partial charge in [0.15, 0.2) is 28.3 Å². The van der Waals surface area contributed by atoms with Crippen molar-refractivity contribution >= 4 is 16.3 Å². The minimum Gasteiger partial charge on any atom is -0.265 e. The molecule has 3 aromatic heterocycles. The van der Waals surface area contributed by atoms with Crippen molar-refractivity contribution in [3.8, 4) is 22.0 Å². The number of hydrogen-bond donors (Lipinski definition) is 0. The van der Waals surface area contributed by atoms with Gasteiger partial charge in [-0.15, -0.1) is 10.2 Å². The summed E-state index contributed by atoms with van der Waals surface area (Å²) in [6.07, 6.45) is 3.19. The fourth-order valence-electron chi connectivity index (χ4n) is 2.10. The minimum atomic E-state index is -1.53. The van der Waals surface area contributed by atoms with Gasteiger partial charge in [-0.2, -0.15) is 9.61 Å². The van der Waals surface area contributed by atoms with Gasteiger partial charge in [0.1, 0.15) is 0 Å². The van der Waals surface area contributed by atoms with E-state index in [-0.39, 0.29) is 10.6 Å². The molecule has 0 fully saturated rings. The van der Waals surface area contributed by atoms with Gasteiger partial charge in [-0.1, -0.05) is 11.3 Å². The first-order chi connectivity index (χ1) is 11.1. The molecule has 1 aromatic carbocycles. The van der Waals surface area contributed by atoms with Gasteiger partial charge in [0, 0.05) is 18.0 Å². The summed E-state index contributed by atoms with van der Waals surface area (Å²) in [6, 6.07) is 5.47. The molecular weight excluding hydrogens is 327 g/mol. The summed E-state index contributed by atoms with van der Waals surface area (Å²) < 4.78 is 41.8. The molecule has 0 spiro atoms. The highest BCUT2D eigenvalue weighted by molar-refractivity contribution is 7.19. The Morgan fingerprint density at radius 1 is 0.913 bits per heavy atom. The molecule has 0 saturated heterocycles. The van der Waals surface area contributed by atoms with Crippen LogP contribution in [0.2, 0.25) is 0 Å². The monoisotopic (exact) mass is 333 g/mol. The van der Waals surface area contributed by atoms with E-state index in [1.54, 1.807) is 24.5 Å². The quantitative estimate of drug-likeness (QED) is 0.528. The number of hydrogen-bond acceptors (Lipinski definition) is 5. The zero-order valence-corrected chi connectivity index (χ0v) is 12.1. The molecule has 114 valence electrons. The van der Waals surface area contributed by atoms with E-state index in [0.29, 0.717) is 10.8 Å². The van der Waals surface area contributed by atoms with Crippen molar-refractivity contribution in [2.24, 2.45) is 0 Å². The lowest BCUT2D eigenvalue weighted by molar-refractivity contribution is 0.449. The summed E-state index contributed by atoms with van der Waals surface area (Å²) >= 11 is 1.03. The zero-order chi connectivity index (χ0) is 16.0. The number of rotatable bonds is 2. The van der Waals surface area contributed by atoms with Crippen molar-refractivity contribution < 1.29 is 13.2 Å². The number of aromatic nitrogens is 5. The highest BCUT2D eigenvalue weighted by Crippen LogP contribution is 2.31. The standard InChI is InChI=1S/C14H6F3N5S/c15-9-2-1-8(10(16)11(9)17)13-21-22-12(19-20-14(22)23-13)7-3-5-18-6-4-7/h1-6H. The van der Waals surface area contributed by atoms with Crippen LogP contribution in [0.25, 0.3) is 26.9 Å². The fraction of sp³-hybridized carbons (Fsp3) is 0. The first-order valence-corrected chi connectivity index (χ1v) is 7.23. The summed E-state index contributed by atoms with van der Waals surface area (Å²) in [7, 11) is 0. The maximum Gasteiger partial charge on any atom is 0.235 e. The molecule has 0 unspecified atom stereocenters. The van der Waals surface area contributed by atoms with Crippen molar-refractivity contribution in [3.63, 3.8) is 0 Å². The van der Waals surface area contributed by atoms with Crippen LogP contribution in [-0.4, -0.2) is 24.8 Å². The Morgan fingerprint density at radius 2 is 1.70 bits per heavy atom. The Morgan fingerprint density at radius 3 is 2.48 bits per heavy atom. The summed E-state index contributed by atoms with van der Waals surface area (Å²) in [5.41, 5.74) is 0.607. The molecule has 0 atom stereocenters. The van der Waals surface area contributed by atoms with Crippen LogP contribution in [0, 0.1) is 17.5 Å². The molecule has 0 amide bonds. The lowest BCUT2D eigenvalue weighted by Crippen LogP contribution is -1.95.